The van der Waals surface area contributed by atoms with E-state index in [1.807, 2.05) is 18.2 Å². The van der Waals surface area contributed by atoms with Gasteiger partial charge in [0.15, 0.2) is 0 Å². The first kappa shape index (κ1) is 9.64. The topological polar surface area (TPSA) is 18.5 Å². The molecule has 1 aromatic rings. The summed E-state index contributed by atoms with van der Waals surface area (Å²) in [5.41, 5.74) is 1.16. The lowest BCUT2D eigenvalue weighted by atomic mass is 10.2. The van der Waals surface area contributed by atoms with E-state index in [4.69, 9.17) is 9.47 Å². The third kappa shape index (κ3) is 2.03. The Kier molecular flexibility index (Phi) is 3.65. The Labute approximate surface area is 86.0 Å². The second-order valence-corrected chi connectivity index (χ2v) is 3.07. The van der Waals surface area contributed by atoms with E-state index in [0.717, 1.165) is 21.5 Å². The smallest absolute Gasteiger partial charge is 0.123 e. The lowest BCUT2D eigenvalue weighted by Crippen LogP contribution is -1.90. The first-order valence-corrected chi connectivity index (χ1v) is 5.11. The van der Waals surface area contributed by atoms with E-state index in [0.29, 0.717) is 0 Å². The van der Waals surface area contributed by atoms with Gasteiger partial charge in [0.2, 0.25) is 0 Å². The van der Waals surface area contributed by atoms with Gasteiger partial charge < -0.3 is 9.47 Å². The van der Waals surface area contributed by atoms with Gasteiger partial charge in [-0.05, 0) is 18.2 Å². The molecule has 3 heteroatoms. The standard InChI is InChI=1S/C9H11IO2/c1-11-8-3-4-9(12-2)7(5-8)6-10/h3-5H,6H2,1-2H3. The van der Waals surface area contributed by atoms with E-state index in [1.54, 1.807) is 14.2 Å². The van der Waals surface area contributed by atoms with Crippen molar-refractivity contribution < 1.29 is 9.47 Å². The molecule has 0 radical (unpaired) electrons. The van der Waals surface area contributed by atoms with Gasteiger partial charge in [-0.1, -0.05) is 22.6 Å². The van der Waals surface area contributed by atoms with Crippen molar-refractivity contribution in [2.75, 3.05) is 14.2 Å². The van der Waals surface area contributed by atoms with Gasteiger partial charge in [0.25, 0.3) is 0 Å². The monoisotopic (exact) mass is 278 g/mol. The van der Waals surface area contributed by atoms with E-state index in [1.165, 1.54) is 0 Å². The summed E-state index contributed by atoms with van der Waals surface area (Å²) in [6, 6.07) is 5.81. The van der Waals surface area contributed by atoms with Gasteiger partial charge in [0, 0.05) is 9.99 Å². The Hall–Kier alpha value is -0.450. The molecule has 0 saturated carbocycles. The molecular formula is C9H11IO2. The zero-order valence-corrected chi connectivity index (χ0v) is 9.29. The predicted molar refractivity (Wildman–Crippen MR) is 57.3 cm³/mol. The maximum atomic E-state index is 5.18. The van der Waals surface area contributed by atoms with E-state index in [2.05, 4.69) is 22.6 Å². The van der Waals surface area contributed by atoms with Crippen LogP contribution in [0.25, 0.3) is 0 Å². The number of hydrogen-bond donors (Lipinski definition) is 0. The van der Waals surface area contributed by atoms with Gasteiger partial charge in [0.1, 0.15) is 11.5 Å². The van der Waals surface area contributed by atoms with Crippen LogP contribution in [0.15, 0.2) is 18.2 Å². The van der Waals surface area contributed by atoms with Crippen molar-refractivity contribution in [3.05, 3.63) is 23.8 Å². The van der Waals surface area contributed by atoms with Crippen LogP contribution in [0, 0.1) is 0 Å². The number of benzene rings is 1. The first-order valence-electron chi connectivity index (χ1n) is 3.58. The van der Waals surface area contributed by atoms with Crippen molar-refractivity contribution >= 4 is 22.6 Å². The van der Waals surface area contributed by atoms with E-state index in [9.17, 15) is 0 Å². The zero-order valence-electron chi connectivity index (χ0n) is 7.13. The zero-order chi connectivity index (χ0) is 8.97. The molecule has 12 heavy (non-hydrogen) atoms. The van der Waals surface area contributed by atoms with E-state index in [-0.39, 0.29) is 0 Å². The molecule has 0 aliphatic heterocycles. The highest BCUT2D eigenvalue weighted by Crippen LogP contribution is 2.25. The van der Waals surface area contributed by atoms with Gasteiger partial charge in [-0.3, -0.25) is 0 Å². The average molecular weight is 278 g/mol. The molecule has 0 heterocycles. The lowest BCUT2D eigenvalue weighted by Gasteiger charge is -2.07. The Bertz CT molecular complexity index is 261. The van der Waals surface area contributed by atoms with Crippen molar-refractivity contribution in [3.8, 4) is 11.5 Å². The van der Waals surface area contributed by atoms with Crippen LogP contribution in [0.3, 0.4) is 0 Å². The highest BCUT2D eigenvalue weighted by atomic mass is 127. The largest absolute Gasteiger partial charge is 0.497 e. The normalized spacial score (nSPS) is 9.58. The Balaban J connectivity index is 3.02. The van der Waals surface area contributed by atoms with Gasteiger partial charge in [-0.25, -0.2) is 0 Å². The van der Waals surface area contributed by atoms with Crippen LogP contribution in [0.2, 0.25) is 0 Å². The third-order valence-electron chi connectivity index (χ3n) is 1.63. The molecule has 0 N–H and O–H groups in total. The van der Waals surface area contributed by atoms with Crippen LogP contribution < -0.4 is 9.47 Å². The molecule has 0 aliphatic carbocycles. The molecule has 66 valence electrons. The Morgan fingerprint density at radius 1 is 1.25 bits per heavy atom. The molecule has 0 aliphatic rings. The summed E-state index contributed by atoms with van der Waals surface area (Å²) in [7, 11) is 3.34. The number of halogens is 1. The highest BCUT2D eigenvalue weighted by Gasteiger charge is 2.02. The quantitative estimate of drug-likeness (QED) is 0.625. The summed E-state index contributed by atoms with van der Waals surface area (Å²) in [4.78, 5) is 0. The van der Waals surface area contributed by atoms with Gasteiger partial charge in [0.05, 0.1) is 14.2 Å². The molecule has 0 aromatic heterocycles. The molecule has 0 unspecified atom stereocenters. The van der Waals surface area contributed by atoms with Crippen LogP contribution in [0.4, 0.5) is 0 Å². The number of alkyl halides is 1. The molecule has 0 atom stereocenters. The lowest BCUT2D eigenvalue weighted by molar-refractivity contribution is 0.400. The van der Waals surface area contributed by atoms with Crippen LogP contribution in [0.1, 0.15) is 5.56 Å². The second kappa shape index (κ2) is 4.54. The van der Waals surface area contributed by atoms with Crippen molar-refractivity contribution in [3.63, 3.8) is 0 Å². The van der Waals surface area contributed by atoms with Crippen LogP contribution >= 0.6 is 22.6 Å². The molecule has 0 spiro atoms. The summed E-state index contributed by atoms with van der Waals surface area (Å²) < 4.78 is 11.2. The van der Waals surface area contributed by atoms with Gasteiger partial charge in [-0.2, -0.15) is 0 Å². The van der Waals surface area contributed by atoms with E-state index >= 15 is 0 Å². The number of hydrogen-bond acceptors (Lipinski definition) is 2. The third-order valence-corrected chi connectivity index (χ3v) is 2.45. The molecule has 0 saturated heterocycles. The summed E-state index contributed by atoms with van der Waals surface area (Å²) in [5, 5.41) is 0. The van der Waals surface area contributed by atoms with Crippen molar-refractivity contribution in [1.82, 2.24) is 0 Å². The summed E-state index contributed by atoms with van der Waals surface area (Å²) in [5.74, 6) is 1.80. The highest BCUT2D eigenvalue weighted by molar-refractivity contribution is 14.1. The fourth-order valence-corrected chi connectivity index (χ4v) is 1.58. The van der Waals surface area contributed by atoms with Crippen molar-refractivity contribution in [1.29, 1.82) is 0 Å². The molecule has 0 fully saturated rings. The summed E-state index contributed by atoms with van der Waals surface area (Å²) >= 11 is 2.30. The Morgan fingerprint density at radius 2 is 2.00 bits per heavy atom. The van der Waals surface area contributed by atoms with Crippen LogP contribution in [0.5, 0.6) is 11.5 Å². The summed E-state index contributed by atoms with van der Waals surface area (Å²) in [6.07, 6.45) is 0. The minimum atomic E-state index is 0.877. The number of ether oxygens (including phenoxy) is 2. The van der Waals surface area contributed by atoms with Crippen LogP contribution in [-0.2, 0) is 4.43 Å². The first-order chi connectivity index (χ1) is 5.81. The Morgan fingerprint density at radius 3 is 2.50 bits per heavy atom. The molecular weight excluding hydrogens is 267 g/mol. The molecule has 0 bridgehead atoms. The van der Waals surface area contributed by atoms with Gasteiger partial charge in [-0.15, -0.1) is 0 Å². The maximum absolute atomic E-state index is 5.18. The van der Waals surface area contributed by atoms with Crippen molar-refractivity contribution in [2.24, 2.45) is 0 Å². The SMILES string of the molecule is COc1ccc(OC)c(CI)c1. The molecule has 0 amide bonds. The fourth-order valence-electron chi connectivity index (χ4n) is 0.986. The average Bonchev–Trinajstić information content (AvgIpc) is 2.16. The molecule has 1 rings (SSSR count). The number of rotatable bonds is 3. The fraction of sp³-hybridized carbons (Fsp3) is 0.333. The number of methoxy groups -OCH3 is 2. The maximum Gasteiger partial charge on any atom is 0.123 e. The molecule has 1 aromatic carbocycles. The minimum absolute atomic E-state index is 0.877. The van der Waals surface area contributed by atoms with Gasteiger partial charge >= 0.3 is 0 Å². The molecule has 2 nitrogen and oxygen atoms in total. The van der Waals surface area contributed by atoms with Crippen molar-refractivity contribution in [2.45, 2.75) is 4.43 Å². The predicted octanol–water partition coefficient (Wildman–Crippen LogP) is 2.64. The van der Waals surface area contributed by atoms with E-state index < -0.39 is 0 Å². The summed E-state index contributed by atoms with van der Waals surface area (Å²) in [6.45, 7) is 0. The minimum Gasteiger partial charge on any atom is -0.497 e. The van der Waals surface area contributed by atoms with Crippen LogP contribution in [-0.4, -0.2) is 14.2 Å². The second-order valence-electron chi connectivity index (χ2n) is 2.31.